The summed E-state index contributed by atoms with van der Waals surface area (Å²) >= 11 is 3.88. The molecule has 0 saturated heterocycles. The van der Waals surface area contributed by atoms with Crippen LogP contribution in [-0.2, 0) is 13.0 Å². The summed E-state index contributed by atoms with van der Waals surface area (Å²) in [5, 5.41) is 5.96. The van der Waals surface area contributed by atoms with Crippen molar-refractivity contribution in [2.24, 2.45) is 0 Å². The van der Waals surface area contributed by atoms with Crippen molar-refractivity contribution in [1.82, 2.24) is 5.32 Å². The van der Waals surface area contributed by atoms with Gasteiger partial charge in [0, 0.05) is 12.1 Å². The molecule has 0 aliphatic carbocycles. The van der Waals surface area contributed by atoms with Gasteiger partial charge in [-0.15, -0.1) is 0 Å². The summed E-state index contributed by atoms with van der Waals surface area (Å²) in [5.41, 5.74) is 3.88. The second kappa shape index (κ2) is 3.87. The van der Waals surface area contributed by atoms with Gasteiger partial charge in [0.25, 0.3) is 0 Å². The Kier molecular flexibility index (Phi) is 2.58. The van der Waals surface area contributed by atoms with Crippen molar-refractivity contribution in [3.63, 3.8) is 0 Å². The van der Waals surface area contributed by atoms with Crippen LogP contribution >= 0.6 is 12.6 Å². The maximum atomic E-state index is 3.88. The van der Waals surface area contributed by atoms with Gasteiger partial charge >= 0.3 is 0 Å². The van der Waals surface area contributed by atoms with Crippen LogP contribution in [0, 0.1) is 11.2 Å². The van der Waals surface area contributed by atoms with Crippen LogP contribution < -0.4 is 5.32 Å². The van der Waals surface area contributed by atoms with Gasteiger partial charge < -0.3 is 5.32 Å². The van der Waals surface area contributed by atoms with Crippen LogP contribution in [0.25, 0.3) is 0 Å². The van der Waals surface area contributed by atoms with Crippen LogP contribution in [0.15, 0.2) is 18.2 Å². The monoisotopic (exact) mass is 189 g/mol. The lowest BCUT2D eigenvalue weighted by atomic mass is 9.99. The van der Waals surface area contributed by atoms with Gasteiger partial charge in [0.15, 0.2) is 0 Å². The van der Waals surface area contributed by atoms with Crippen molar-refractivity contribution in [3.05, 3.63) is 34.9 Å². The van der Waals surface area contributed by atoms with Crippen molar-refractivity contribution in [2.45, 2.75) is 13.0 Å². The van der Waals surface area contributed by atoms with E-state index in [1.54, 1.807) is 0 Å². The maximum Gasteiger partial charge on any atom is 0.0257 e. The van der Waals surface area contributed by atoms with E-state index in [4.69, 9.17) is 0 Å². The number of hydrogen-bond donors (Lipinski definition) is 2. The third-order valence-electron chi connectivity index (χ3n) is 2.29. The van der Waals surface area contributed by atoms with Gasteiger partial charge in [-0.25, -0.2) is 0 Å². The predicted molar refractivity (Wildman–Crippen MR) is 57.7 cm³/mol. The minimum absolute atomic E-state index is 0.970. The summed E-state index contributed by atoms with van der Waals surface area (Å²) in [6.45, 7) is 2.06. The maximum absolute atomic E-state index is 3.88. The van der Waals surface area contributed by atoms with E-state index in [2.05, 4.69) is 47.3 Å². The first-order valence-corrected chi connectivity index (χ1v) is 4.82. The van der Waals surface area contributed by atoms with E-state index >= 15 is 0 Å². The van der Waals surface area contributed by atoms with Crippen LogP contribution in [0.1, 0.15) is 16.7 Å². The molecule has 0 fully saturated rings. The highest BCUT2D eigenvalue weighted by molar-refractivity contribution is 7.85. The largest absolute Gasteiger partial charge is 0.312 e. The molecular formula is C11H11NS. The molecule has 0 saturated carbocycles. The normalized spacial score (nSPS) is 14.2. The van der Waals surface area contributed by atoms with E-state index in [-0.39, 0.29) is 0 Å². The molecule has 1 aliphatic heterocycles. The molecule has 1 aromatic rings. The number of benzene rings is 1. The summed E-state index contributed by atoms with van der Waals surface area (Å²) in [6.07, 6.45) is 1.13. The van der Waals surface area contributed by atoms with Crippen LogP contribution in [0.3, 0.4) is 0 Å². The topological polar surface area (TPSA) is 12.0 Å². The fourth-order valence-corrected chi connectivity index (χ4v) is 1.75. The quantitative estimate of drug-likeness (QED) is 0.466. The van der Waals surface area contributed by atoms with Crippen molar-refractivity contribution in [3.8, 4) is 11.2 Å². The van der Waals surface area contributed by atoms with Gasteiger partial charge in [0.2, 0.25) is 0 Å². The Balaban J connectivity index is 2.38. The second-order valence-electron chi connectivity index (χ2n) is 3.15. The van der Waals surface area contributed by atoms with Crippen molar-refractivity contribution in [1.29, 1.82) is 0 Å². The molecule has 1 aromatic carbocycles. The zero-order chi connectivity index (χ0) is 9.10. The molecule has 1 nitrogen and oxygen atoms in total. The molecule has 66 valence electrons. The highest BCUT2D eigenvalue weighted by Crippen LogP contribution is 2.15. The van der Waals surface area contributed by atoms with Gasteiger partial charge in [0.05, 0.1) is 0 Å². The Morgan fingerprint density at radius 1 is 1.31 bits per heavy atom. The van der Waals surface area contributed by atoms with Crippen molar-refractivity contribution >= 4 is 12.6 Å². The Hall–Kier alpha value is -0.910. The third-order valence-corrected chi connectivity index (χ3v) is 2.40. The minimum Gasteiger partial charge on any atom is -0.312 e. The number of hydrogen-bond acceptors (Lipinski definition) is 2. The van der Waals surface area contributed by atoms with Crippen LogP contribution in [-0.4, -0.2) is 6.54 Å². The average Bonchev–Trinajstić information content (AvgIpc) is 2.18. The predicted octanol–water partition coefficient (Wildman–Crippen LogP) is 1.57. The molecule has 1 aliphatic rings. The highest BCUT2D eigenvalue weighted by atomic mass is 32.1. The van der Waals surface area contributed by atoms with Crippen LogP contribution in [0.4, 0.5) is 0 Å². The molecule has 0 aromatic heterocycles. The van der Waals surface area contributed by atoms with Gasteiger partial charge in [0.1, 0.15) is 0 Å². The summed E-state index contributed by atoms with van der Waals surface area (Å²) in [5.74, 6) is 2.94. The Labute approximate surface area is 84.0 Å². The lowest BCUT2D eigenvalue weighted by Gasteiger charge is -2.16. The minimum atomic E-state index is 0.970. The van der Waals surface area contributed by atoms with Gasteiger partial charge in [-0.05, 0) is 41.5 Å². The first-order chi connectivity index (χ1) is 6.40. The lowest BCUT2D eigenvalue weighted by molar-refractivity contribution is 0.643. The van der Waals surface area contributed by atoms with E-state index in [9.17, 15) is 0 Å². The van der Waals surface area contributed by atoms with Gasteiger partial charge in [-0.2, -0.15) is 0 Å². The van der Waals surface area contributed by atoms with E-state index < -0.39 is 0 Å². The second-order valence-corrected chi connectivity index (χ2v) is 3.37. The zero-order valence-electron chi connectivity index (χ0n) is 7.30. The fourth-order valence-electron chi connectivity index (χ4n) is 1.62. The van der Waals surface area contributed by atoms with Gasteiger partial charge in [-0.3, -0.25) is 0 Å². The molecule has 0 atom stereocenters. The smallest absolute Gasteiger partial charge is 0.0257 e. The van der Waals surface area contributed by atoms with E-state index in [1.807, 2.05) is 0 Å². The van der Waals surface area contributed by atoms with E-state index in [0.717, 1.165) is 25.1 Å². The zero-order valence-corrected chi connectivity index (χ0v) is 8.20. The Bertz CT molecular complexity index is 373. The Morgan fingerprint density at radius 3 is 3.08 bits per heavy atom. The van der Waals surface area contributed by atoms with Crippen LogP contribution in [0.2, 0.25) is 0 Å². The molecule has 0 bridgehead atoms. The molecule has 13 heavy (non-hydrogen) atoms. The lowest BCUT2D eigenvalue weighted by Crippen LogP contribution is -2.23. The molecule has 0 spiro atoms. The molecule has 2 rings (SSSR count). The summed E-state index contributed by atoms with van der Waals surface area (Å²) < 4.78 is 0. The highest BCUT2D eigenvalue weighted by Gasteiger charge is 2.07. The van der Waals surface area contributed by atoms with Crippen molar-refractivity contribution < 1.29 is 0 Å². The fraction of sp³-hybridized carbons (Fsp3) is 0.273. The average molecular weight is 189 g/mol. The molecule has 0 amide bonds. The molecule has 2 heteroatoms. The standard InChI is InChI=1S/C11H11NS/c13-6-4-9-1-2-10-3-5-12-8-11(10)7-9/h1-2,7,12-13H,3,5,8H2. The summed E-state index contributed by atoms with van der Waals surface area (Å²) in [6, 6.07) is 6.38. The number of nitrogens with one attached hydrogen (secondary N) is 1. The molecule has 0 radical (unpaired) electrons. The summed E-state index contributed by atoms with van der Waals surface area (Å²) in [4.78, 5) is 0. The van der Waals surface area contributed by atoms with E-state index in [0.29, 0.717) is 0 Å². The van der Waals surface area contributed by atoms with E-state index in [1.165, 1.54) is 11.1 Å². The van der Waals surface area contributed by atoms with Crippen molar-refractivity contribution in [2.75, 3.05) is 6.54 Å². The van der Waals surface area contributed by atoms with Gasteiger partial charge in [-0.1, -0.05) is 24.6 Å². The number of fused-ring (bicyclic) bond motifs is 1. The molecule has 1 N–H and O–H groups in total. The first kappa shape index (κ1) is 8.68. The number of thiol groups is 1. The summed E-state index contributed by atoms with van der Waals surface area (Å²) in [7, 11) is 0. The number of rotatable bonds is 0. The third kappa shape index (κ3) is 1.88. The Morgan fingerprint density at radius 2 is 2.23 bits per heavy atom. The molecule has 0 unspecified atom stereocenters. The SMILES string of the molecule is SC#Cc1ccc2c(c1)CNCC2. The molecular weight excluding hydrogens is 178 g/mol. The molecule has 1 heterocycles. The first-order valence-electron chi connectivity index (χ1n) is 4.38. The van der Waals surface area contributed by atoms with Crippen LogP contribution in [0.5, 0.6) is 0 Å².